The van der Waals surface area contributed by atoms with Crippen LogP contribution >= 0.6 is 11.3 Å². The molecule has 1 amide bonds. The second kappa shape index (κ2) is 10.1. The number of hydrogen-bond donors (Lipinski definition) is 0. The summed E-state index contributed by atoms with van der Waals surface area (Å²) in [6.45, 7) is 8.82. The van der Waals surface area contributed by atoms with Crippen LogP contribution in [-0.2, 0) is 0 Å². The summed E-state index contributed by atoms with van der Waals surface area (Å²) in [7, 11) is 3.26. The lowest BCUT2D eigenvalue weighted by molar-refractivity contribution is 0.0765. The molecule has 0 aliphatic carbocycles. The minimum Gasteiger partial charge on any atom is -0.496 e. The van der Waals surface area contributed by atoms with E-state index in [4.69, 9.17) is 14.5 Å². The number of aryl methyl sites for hydroxylation is 1. The topological polar surface area (TPSA) is 54.9 Å². The summed E-state index contributed by atoms with van der Waals surface area (Å²) in [5.41, 5.74) is 1.56. The Hall–Kier alpha value is -2.12. The summed E-state index contributed by atoms with van der Waals surface area (Å²) in [5, 5.41) is 0.750. The van der Waals surface area contributed by atoms with Crippen LogP contribution in [0.1, 0.15) is 41.6 Å². The van der Waals surface area contributed by atoms with E-state index < -0.39 is 0 Å². The van der Waals surface area contributed by atoms with E-state index in [1.165, 1.54) is 24.2 Å². The van der Waals surface area contributed by atoms with Crippen molar-refractivity contribution in [3.63, 3.8) is 0 Å². The first kappa shape index (κ1) is 21.6. The number of benzene rings is 1. The Labute approximate surface area is 177 Å². The lowest BCUT2D eigenvalue weighted by Gasteiger charge is -2.21. The van der Waals surface area contributed by atoms with Gasteiger partial charge in [-0.2, -0.15) is 0 Å². The fourth-order valence-corrected chi connectivity index (χ4v) is 4.78. The maximum Gasteiger partial charge on any atom is 0.265 e. The third-order valence-corrected chi connectivity index (χ3v) is 6.50. The average Bonchev–Trinajstić information content (AvgIpc) is 2.97. The fourth-order valence-electron chi connectivity index (χ4n) is 3.69. The van der Waals surface area contributed by atoms with Crippen molar-refractivity contribution in [2.24, 2.45) is 0 Å². The van der Waals surface area contributed by atoms with Gasteiger partial charge in [-0.15, -0.1) is 11.3 Å². The lowest BCUT2D eigenvalue weighted by atomic mass is 10.2. The highest BCUT2D eigenvalue weighted by molar-refractivity contribution is 7.17. The van der Waals surface area contributed by atoms with Gasteiger partial charge in [-0.25, -0.2) is 4.98 Å². The zero-order valence-corrected chi connectivity index (χ0v) is 18.7. The molecule has 0 unspecified atom stereocenters. The molecule has 0 atom stereocenters. The second-order valence-corrected chi connectivity index (χ2v) is 8.31. The van der Waals surface area contributed by atoms with Gasteiger partial charge in [-0.05, 0) is 45.0 Å². The smallest absolute Gasteiger partial charge is 0.265 e. The molecule has 158 valence electrons. The van der Waals surface area contributed by atoms with Crippen molar-refractivity contribution in [2.45, 2.75) is 33.1 Å². The minimum absolute atomic E-state index is 0.0810. The molecule has 2 aromatic rings. The monoisotopic (exact) mass is 417 g/mol. The first-order valence-corrected chi connectivity index (χ1v) is 11.1. The molecule has 0 saturated carbocycles. The number of hydrogen-bond acceptors (Lipinski definition) is 6. The van der Waals surface area contributed by atoms with E-state index in [2.05, 4.69) is 11.8 Å². The van der Waals surface area contributed by atoms with Crippen molar-refractivity contribution in [2.75, 3.05) is 46.9 Å². The van der Waals surface area contributed by atoms with E-state index >= 15 is 0 Å². The van der Waals surface area contributed by atoms with Crippen LogP contribution in [0.2, 0.25) is 0 Å². The number of thiazole rings is 1. The standard InChI is InChI=1S/C22H31N3O3S/c1-5-6-11-24-12-8-13-25(15-14-24)22(26)20-16(2)23-21(29-20)19-17(27-3)9-7-10-18(19)28-4/h7,9-10H,5-6,8,11-15H2,1-4H3. The van der Waals surface area contributed by atoms with E-state index in [9.17, 15) is 4.79 Å². The molecule has 0 radical (unpaired) electrons. The molecule has 1 aromatic heterocycles. The fraction of sp³-hybridized carbons (Fsp3) is 0.545. The molecule has 0 spiro atoms. The zero-order chi connectivity index (χ0) is 20.8. The molecule has 29 heavy (non-hydrogen) atoms. The summed E-state index contributed by atoms with van der Waals surface area (Å²) < 4.78 is 11.0. The van der Waals surface area contributed by atoms with Gasteiger partial charge in [0.25, 0.3) is 5.91 Å². The highest BCUT2D eigenvalue weighted by atomic mass is 32.1. The van der Waals surface area contributed by atoms with Gasteiger partial charge < -0.3 is 19.3 Å². The summed E-state index contributed by atoms with van der Waals surface area (Å²) >= 11 is 1.42. The SMILES string of the molecule is CCCCN1CCCN(C(=O)c2sc(-c3c(OC)cccc3OC)nc2C)CC1. The Kier molecular flexibility index (Phi) is 7.50. The van der Waals surface area contributed by atoms with Gasteiger partial charge in [0, 0.05) is 19.6 Å². The van der Waals surface area contributed by atoms with Crippen molar-refractivity contribution in [3.8, 4) is 22.1 Å². The Morgan fingerprint density at radius 3 is 2.52 bits per heavy atom. The molecule has 1 aliphatic rings. The highest BCUT2D eigenvalue weighted by Crippen LogP contribution is 2.41. The van der Waals surface area contributed by atoms with Gasteiger partial charge in [0.15, 0.2) is 0 Å². The average molecular weight is 418 g/mol. The number of rotatable bonds is 7. The largest absolute Gasteiger partial charge is 0.496 e. The third kappa shape index (κ3) is 4.90. The van der Waals surface area contributed by atoms with Crippen molar-refractivity contribution in [1.82, 2.24) is 14.8 Å². The number of nitrogens with zero attached hydrogens (tertiary/aromatic N) is 3. The molecule has 1 saturated heterocycles. The van der Waals surface area contributed by atoms with E-state index in [-0.39, 0.29) is 5.91 Å². The van der Waals surface area contributed by atoms with Gasteiger partial charge >= 0.3 is 0 Å². The quantitative estimate of drug-likeness (QED) is 0.679. The van der Waals surface area contributed by atoms with Crippen molar-refractivity contribution in [1.29, 1.82) is 0 Å². The van der Waals surface area contributed by atoms with Crippen LogP contribution in [-0.4, -0.2) is 67.6 Å². The Balaban J connectivity index is 1.81. The summed E-state index contributed by atoms with van der Waals surface area (Å²) in [5.74, 6) is 1.47. The number of carbonyl (C=O) groups excluding carboxylic acids is 1. The van der Waals surface area contributed by atoms with Gasteiger partial charge in [-0.1, -0.05) is 19.4 Å². The maximum atomic E-state index is 13.3. The number of aromatic nitrogens is 1. The Bertz CT molecular complexity index is 814. The van der Waals surface area contributed by atoms with Crippen LogP contribution in [0.5, 0.6) is 11.5 Å². The lowest BCUT2D eigenvalue weighted by Crippen LogP contribution is -2.35. The molecule has 3 rings (SSSR count). The zero-order valence-electron chi connectivity index (χ0n) is 17.9. The number of amides is 1. The predicted molar refractivity (Wildman–Crippen MR) is 117 cm³/mol. The second-order valence-electron chi connectivity index (χ2n) is 7.31. The summed E-state index contributed by atoms with van der Waals surface area (Å²) in [4.78, 5) is 23.1. The normalized spacial score (nSPS) is 15.2. The van der Waals surface area contributed by atoms with E-state index in [1.807, 2.05) is 30.0 Å². The molecular weight excluding hydrogens is 386 g/mol. The van der Waals surface area contributed by atoms with Crippen LogP contribution < -0.4 is 9.47 Å². The van der Waals surface area contributed by atoms with Crippen molar-refractivity contribution in [3.05, 3.63) is 28.8 Å². The Morgan fingerprint density at radius 1 is 1.14 bits per heavy atom. The molecule has 1 fully saturated rings. The number of carbonyl (C=O) groups is 1. The molecule has 0 bridgehead atoms. The van der Waals surface area contributed by atoms with E-state index in [0.717, 1.165) is 55.4 Å². The number of methoxy groups -OCH3 is 2. The number of ether oxygens (including phenoxy) is 2. The summed E-state index contributed by atoms with van der Waals surface area (Å²) in [6.07, 6.45) is 3.43. The number of unbranched alkanes of at least 4 members (excludes halogenated alkanes) is 1. The highest BCUT2D eigenvalue weighted by Gasteiger charge is 2.26. The minimum atomic E-state index is 0.0810. The molecule has 0 N–H and O–H groups in total. The molecule has 6 nitrogen and oxygen atoms in total. The van der Waals surface area contributed by atoms with Crippen LogP contribution in [0.25, 0.3) is 10.6 Å². The first-order chi connectivity index (χ1) is 14.1. The third-order valence-electron chi connectivity index (χ3n) is 5.34. The van der Waals surface area contributed by atoms with Crippen LogP contribution in [0.4, 0.5) is 0 Å². The van der Waals surface area contributed by atoms with Crippen molar-refractivity contribution < 1.29 is 14.3 Å². The van der Waals surface area contributed by atoms with Crippen LogP contribution in [0.15, 0.2) is 18.2 Å². The predicted octanol–water partition coefficient (Wildman–Crippen LogP) is 4.08. The van der Waals surface area contributed by atoms with Gasteiger partial charge in [0.1, 0.15) is 21.4 Å². The van der Waals surface area contributed by atoms with Crippen molar-refractivity contribution >= 4 is 17.2 Å². The molecule has 1 aromatic carbocycles. The van der Waals surface area contributed by atoms with Gasteiger partial charge in [0.05, 0.1) is 25.5 Å². The van der Waals surface area contributed by atoms with Gasteiger partial charge in [0.2, 0.25) is 0 Å². The molecule has 2 heterocycles. The molecule has 1 aliphatic heterocycles. The van der Waals surface area contributed by atoms with Gasteiger partial charge in [-0.3, -0.25) is 4.79 Å². The van der Waals surface area contributed by atoms with Crippen LogP contribution in [0, 0.1) is 6.92 Å². The molecular formula is C22H31N3O3S. The Morgan fingerprint density at radius 2 is 1.86 bits per heavy atom. The van der Waals surface area contributed by atoms with E-state index in [1.54, 1.807) is 14.2 Å². The molecule has 7 heteroatoms. The first-order valence-electron chi connectivity index (χ1n) is 10.3. The van der Waals surface area contributed by atoms with E-state index in [0.29, 0.717) is 16.4 Å². The van der Waals surface area contributed by atoms with Crippen LogP contribution in [0.3, 0.4) is 0 Å². The maximum absolute atomic E-state index is 13.3. The summed E-state index contributed by atoms with van der Waals surface area (Å²) in [6, 6.07) is 5.65.